The largest absolute Gasteiger partial charge is 0.377 e. The first-order valence-electron chi connectivity index (χ1n) is 8.80. The van der Waals surface area contributed by atoms with Crippen LogP contribution in [0.1, 0.15) is 58.8 Å². The number of piperidine rings is 1. The zero-order chi connectivity index (χ0) is 14.0. The Kier molecular flexibility index (Phi) is 4.68. The molecule has 0 bridgehead atoms. The molecule has 0 aromatic carbocycles. The maximum absolute atomic E-state index is 6.01. The summed E-state index contributed by atoms with van der Waals surface area (Å²) in [5, 5.41) is 0. The molecule has 3 rings (SSSR count). The van der Waals surface area contributed by atoms with Crippen LogP contribution in [0, 0.1) is 0 Å². The lowest BCUT2D eigenvalue weighted by Gasteiger charge is -2.38. The van der Waals surface area contributed by atoms with Gasteiger partial charge in [-0.1, -0.05) is 6.42 Å². The van der Waals surface area contributed by atoms with Gasteiger partial charge in [0.15, 0.2) is 0 Å². The van der Waals surface area contributed by atoms with Gasteiger partial charge in [-0.15, -0.1) is 0 Å². The predicted molar refractivity (Wildman–Crippen MR) is 83.1 cm³/mol. The SMILES string of the molecule is CC(C)OCC12CCCN1[C@@H](CN1CCCCC1)CC2. The molecule has 0 N–H and O–H groups in total. The minimum absolute atomic E-state index is 0.368. The zero-order valence-electron chi connectivity index (χ0n) is 13.4. The number of likely N-dealkylation sites (tertiary alicyclic amines) is 1. The summed E-state index contributed by atoms with van der Waals surface area (Å²) in [6, 6.07) is 0.798. The Morgan fingerprint density at radius 1 is 1.05 bits per heavy atom. The molecule has 0 aromatic heterocycles. The lowest BCUT2D eigenvalue weighted by Crippen LogP contribution is -2.49. The van der Waals surface area contributed by atoms with E-state index in [1.54, 1.807) is 0 Å². The van der Waals surface area contributed by atoms with Gasteiger partial charge in [0.25, 0.3) is 0 Å². The Morgan fingerprint density at radius 3 is 2.60 bits per heavy atom. The van der Waals surface area contributed by atoms with Crippen LogP contribution >= 0.6 is 0 Å². The van der Waals surface area contributed by atoms with Gasteiger partial charge < -0.3 is 9.64 Å². The summed E-state index contributed by atoms with van der Waals surface area (Å²) in [7, 11) is 0. The average molecular weight is 280 g/mol. The summed E-state index contributed by atoms with van der Waals surface area (Å²) in [5.41, 5.74) is 0.394. The van der Waals surface area contributed by atoms with Crippen molar-refractivity contribution in [1.29, 1.82) is 0 Å². The van der Waals surface area contributed by atoms with E-state index in [-0.39, 0.29) is 0 Å². The third-order valence-corrected chi connectivity index (χ3v) is 5.64. The first kappa shape index (κ1) is 14.8. The summed E-state index contributed by atoms with van der Waals surface area (Å²) in [6.45, 7) is 10.6. The Morgan fingerprint density at radius 2 is 1.85 bits per heavy atom. The van der Waals surface area contributed by atoms with Crippen molar-refractivity contribution >= 4 is 0 Å². The van der Waals surface area contributed by atoms with Crippen molar-refractivity contribution in [1.82, 2.24) is 9.80 Å². The van der Waals surface area contributed by atoms with Gasteiger partial charge in [0.2, 0.25) is 0 Å². The maximum Gasteiger partial charge on any atom is 0.0654 e. The van der Waals surface area contributed by atoms with E-state index in [0.29, 0.717) is 11.6 Å². The van der Waals surface area contributed by atoms with Crippen molar-refractivity contribution in [3.8, 4) is 0 Å². The van der Waals surface area contributed by atoms with Gasteiger partial charge in [0.05, 0.1) is 12.7 Å². The first-order chi connectivity index (χ1) is 9.70. The van der Waals surface area contributed by atoms with Crippen LogP contribution in [0.15, 0.2) is 0 Å². The number of rotatable bonds is 5. The van der Waals surface area contributed by atoms with E-state index < -0.39 is 0 Å². The number of fused-ring (bicyclic) bond motifs is 1. The Balaban J connectivity index is 1.58. The molecule has 3 nitrogen and oxygen atoms in total. The molecule has 0 aromatic rings. The van der Waals surface area contributed by atoms with Crippen molar-refractivity contribution in [3.05, 3.63) is 0 Å². The van der Waals surface area contributed by atoms with Crippen molar-refractivity contribution in [2.75, 3.05) is 32.8 Å². The quantitative estimate of drug-likeness (QED) is 0.770. The van der Waals surface area contributed by atoms with Gasteiger partial charge in [-0.3, -0.25) is 4.90 Å². The molecule has 3 heteroatoms. The molecule has 0 aliphatic carbocycles. The molecule has 3 fully saturated rings. The number of nitrogens with zero attached hydrogens (tertiary/aromatic N) is 2. The second-order valence-corrected chi connectivity index (χ2v) is 7.43. The second kappa shape index (κ2) is 6.33. The fourth-order valence-electron chi connectivity index (χ4n) is 4.57. The molecule has 0 spiro atoms. The van der Waals surface area contributed by atoms with Crippen molar-refractivity contribution in [3.63, 3.8) is 0 Å². The van der Waals surface area contributed by atoms with Crippen molar-refractivity contribution < 1.29 is 4.74 Å². The van der Waals surface area contributed by atoms with Gasteiger partial charge in [-0.25, -0.2) is 0 Å². The minimum atomic E-state index is 0.368. The monoisotopic (exact) mass is 280 g/mol. The molecule has 3 heterocycles. The van der Waals surface area contributed by atoms with Crippen LogP contribution in [-0.4, -0.2) is 60.3 Å². The topological polar surface area (TPSA) is 15.7 Å². The second-order valence-electron chi connectivity index (χ2n) is 7.43. The molecular weight excluding hydrogens is 248 g/mol. The minimum Gasteiger partial charge on any atom is -0.377 e. The highest BCUT2D eigenvalue weighted by Crippen LogP contribution is 2.43. The maximum atomic E-state index is 6.01. The third-order valence-electron chi connectivity index (χ3n) is 5.64. The predicted octanol–water partition coefficient (Wildman–Crippen LogP) is 2.89. The highest BCUT2D eigenvalue weighted by atomic mass is 16.5. The molecule has 20 heavy (non-hydrogen) atoms. The van der Waals surface area contributed by atoms with Crippen LogP contribution in [0.4, 0.5) is 0 Å². The normalized spacial score (nSPS) is 35.9. The standard InChI is InChI=1S/C17H32N2O/c1-15(2)20-14-17-8-6-12-19(17)16(7-9-17)13-18-10-4-3-5-11-18/h15-16H,3-14H2,1-2H3/t16-,17?/m1/s1. The fourth-order valence-corrected chi connectivity index (χ4v) is 4.57. The summed E-state index contributed by atoms with van der Waals surface area (Å²) in [5.74, 6) is 0. The third kappa shape index (κ3) is 3.05. The fraction of sp³-hybridized carbons (Fsp3) is 1.00. The highest BCUT2D eigenvalue weighted by molar-refractivity contribution is 5.05. The van der Waals surface area contributed by atoms with Gasteiger partial charge >= 0.3 is 0 Å². The average Bonchev–Trinajstić information content (AvgIpc) is 2.99. The van der Waals surface area contributed by atoms with Crippen LogP contribution in [0.5, 0.6) is 0 Å². The summed E-state index contributed by atoms with van der Waals surface area (Å²) in [4.78, 5) is 5.54. The number of hydrogen-bond donors (Lipinski definition) is 0. The molecule has 0 amide bonds. The molecule has 3 aliphatic rings. The van der Waals surface area contributed by atoms with E-state index in [2.05, 4.69) is 23.6 Å². The number of ether oxygens (including phenoxy) is 1. The summed E-state index contributed by atoms with van der Waals surface area (Å²) < 4.78 is 6.01. The van der Waals surface area contributed by atoms with E-state index >= 15 is 0 Å². The summed E-state index contributed by atoms with van der Waals surface area (Å²) in [6.07, 6.45) is 10.1. The van der Waals surface area contributed by atoms with E-state index in [4.69, 9.17) is 4.74 Å². The molecule has 2 atom stereocenters. The van der Waals surface area contributed by atoms with Gasteiger partial charge in [-0.05, 0) is 72.0 Å². The highest BCUT2D eigenvalue weighted by Gasteiger charge is 2.49. The smallest absolute Gasteiger partial charge is 0.0654 e. The molecular formula is C17H32N2O. The first-order valence-corrected chi connectivity index (χ1v) is 8.80. The zero-order valence-corrected chi connectivity index (χ0v) is 13.4. The van der Waals surface area contributed by atoms with Crippen LogP contribution in [-0.2, 0) is 4.74 Å². The van der Waals surface area contributed by atoms with Crippen molar-refractivity contribution in [2.45, 2.75) is 76.5 Å². The van der Waals surface area contributed by atoms with E-state index in [9.17, 15) is 0 Å². The van der Waals surface area contributed by atoms with Crippen LogP contribution in [0.2, 0.25) is 0 Å². The lowest BCUT2D eigenvalue weighted by molar-refractivity contribution is -0.00856. The molecule has 0 radical (unpaired) electrons. The van der Waals surface area contributed by atoms with Gasteiger partial charge in [0, 0.05) is 18.1 Å². The van der Waals surface area contributed by atoms with Crippen LogP contribution < -0.4 is 0 Å². The molecule has 3 aliphatic heterocycles. The number of hydrogen-bond acceptors (Lipinski definition) is 3. The Labute approximate surface area is 124 Å². The van der Waals surface area contributed by atoms with E-state index in [0.717, 1.165) is 12.6 Å². The summed E-state index contributed by atoms with van der Waals surface area (Å²) >= 11 is 0. The molecule has 116 valence electrons. The van der Waals surface area contributed by atoms with Gasteiger partial charge in [0.1, 0.15) is 0 Å². The van der Waals surface area contributed by atoms with Crippen molar-refractivity contribution in [2.24, 2.45) is 0 Å². The van der Waals surface area contributed by atoms with Gasteiger partial charge in [-0.2, -0.15) is 0 Å². The Bertz CT molecular complexity index is 314. The van der Waals surface area contributed by atoms with E-state index in [1.165, 1.54) is 71.1 Å². The molecule has 1 unspecified atom stereocenters. The Hall–Kier alpha value is -0.120. The molecule has 0 saturated carbocycles. The van der Waals surface area contributed by atoms with Crippen LogP contribution in [0.3, 0.4) is 0 Å². The molecule has 3 saturated heterocycles. The van der Waals surface area contributed by atoms with Crippen LogP contribution in [0.25, 0.3) is 0 Å². The van der Waals surface area contributed by atoms with E-state index in [1.807, 2.05) is 0 Å². The lowest BCUT2D eigenvalue weighted by atomic mass is 9.95.